The molecule has 0 aliphatic carbocycles. The van der Waals surface area contributed by atoms with Crippen molar-refractivity contribution >= 4 is 27.0 Å². The molecule has 0 N–H and O–H groups in total. The monoisotopic (exact) mass is 257 g/mol. The van der Waals surface area contributed by atoms with Gasteiger partial charge < -0.3 is 0 Å². The van der Waals surface area contributed by atoms with Crippen molar-refractivity contribution in [2.75, 3.05) is 6.26 Å². The molecule has 0 aliphatic rings. The molecule has 2 unspecified atom stereocenters. The van der Waals surface area contributed by atoms with Gasteiger partial charge in [-0.2, -0.15) is 5.26 Å². The lowest BCUT2D eigenvalue weighted by atomic mass is 10.0. The lowest BCUT2D eigenvalue weighted by Gasteiger charge is -2.11. The lowest BCUT2D eigenvalue weighted by Crippen LogP contribution is -2.30. The van der Waals surface area contributed by atoms with Gasteiger partial charge in [0.25, 0.3) is 0 Å². The largest absolute Gasteiger partial charge is 0.296 e. The summed E-state index contributed by atoms with van der Waals surface area (Å²) in [5, 5.41) is 9.53. The van der Waals surface area contributed by atoms with Crippen LogP contribution in [0.4, 0.5) is 0 Å². The first-order valence-corrected chi connectivity index (χ1v) is 7.37. The van der Waals surface area contributed by atoms with Crippen LogP contribution in [0.1, 0.15) is 17.7 Å². The van der Waals surface area contributed by atoms with E-state index in [0.29, 0.717) is 4.88 Å². The van der Waals surface area contributed by atoms with E-state index in [-0.39, 0.29) is 0 Å². The van der Waals surface area contributed by atoms with Crippen LogP contribution in [0.5, 0.6) is 0 Å². The van der Waals surface area contributed by atoms with Crippen LogP contribution in [-0.2, 0) is 14.6 Å². The molecule has 86 valence electrons. The smallest absolute Gasteiger partial charge is 0.173 e. The van der Waals surface area contributed by atoms with Gasteiger partial charge in [-0.3, -0.25) is 4.79 Å². The van der Waals surface area contributed by atoms with E-state index < -0.39 is 26.8 Å². The molecule has 0 radical (unpaired) electrons. The summed E-state index contributed by atoms with van der Waals surface area (Å²) in [5.74, 6) is -1.54. The number of carbonyl (C=O) groups is 1. The maximum Gasteiger partial charge on any atom is 0.173 e. The molecule has 1 heterocycles. The van der Waals surface area contributed by atoms with E-state index in [2.05, 4.69) is 0 Å². The summed E-state index contributed by atoms with van der Waals surface area (Å²) in [7, 11) is -3.44. The van der Waals surface area contributed by atoms with Crippen molar-refractivity contribution in [2.24, 2.45) is 0 Å². The fourth-order valence-electron chi connectivity index (χ4n) is 1.17. The van der Waals surface area contributed by atoms with Gasteiger partial charge in [-0.15, -0.1) is 11.3 Å². The molecule has 1 aromatic rings. The topological polar surface area (TPSA) is 75.0 Å². The van der Waals surface area contributed by atoms with E-state index in [9.17, 15) is 13.2 Å². The van der Waals surface area contributed by atoms with Crippen LogP contribution in [-0.4, -0.2) is 25.7 Å². The molecule has 0 aliphatic heterocycles. The first-order chi connectivity index (χ1) is 7.38. The Morgan fingerprint density at radius 3 is 2.56 bits per heavy atom. The summed E-state index contributed by atoms with van der Waals surface area (Å²) in [4.78, 5) is 12.4. The summed E-state index contributed by atoms with van der Waals surface area (Å²) in [6, 6.07) is 5.24. The van der Waals surface area contributed by atoms with Crippen LogP contribution in [0.3, 0.4) is 0 Å². The quantitative estimate of drug-likeness (QED) is 0.816. The minimum Gasteiger partial charge on any atom is -0.296 e. The summed E-state index contributed by atoms with van der Waals surface area (Å²) in [6.45, 7) is 1.32. The Labute approximate surface area is 98.4 Å². The van der Waals surface area contributed by atoms with E-state index in [4.69, 9.17) is 5.26 Å². The second-order valence-corrected chi connectivity index (χ2v) is 6.80. The van der Waals surface area contributed by atoms with Gasteiger partial charge in [0.15, 0.2) is 15.6 Å². The molecular formula is C10H11NO3S2. The van der Waals surface area contributed by atoms with E-state index in [0.717, 1.165) is 6.26 Å². The Morgan fingerprint density at radius 1 is 1.56 bits per heavy atom. The second-order valence-electron chi connectivity index (χ2n) is 3.45. The van der Waals surface area contributed by atoms with E-state index in [1.165, 1.54) is 18.3 Å². The molecule has 0 fully saturated rings. The number of sulfone groups is 1. The van der Waals surface area contributed by atoms with Crippen molar-refractivity contribution in [3.05, 3.63) is 22.4 Å². The zero-order valence-electron chi connectivity index (χ0n) is 8.88. The number of hydrogen-bond acceptors (Lipinski definition) is 5. The van der Waals surface area contributed by atoms with Crippen LogP contribution >= 0.6 is 11.3 Å². The highest BCUT2D eigenvalue weighted by molar-refractivity contribution is 7.92. The highest BCUT2D eigenvalue weighted by Gasteiger charge is 2.31. The van der Waals surface area contributed by atoms with Crippen LogP contribution in [0, 0.1) is 11.3 Å². The summed E-state index contributed by atoms with van der Waals surface area (Å²) in [5.41, 5.74) is 0. The average Bonchev–Trinajstić information content (AvgIpc) is 2.69. The van der Waals surface area contributed by atoms with Crippen LogP contribution in [0.15, 0.2) is 17.5 Å². The fraction of sp³-hybridized carbons (Fsp3) is 0.400. The number of hydrogen-bond donors (Lipinski definition) is 0. The molecule has 1 rings (SSSR count). The van der Waals surface area contributed by atoms with Gasteiger partial charge in [0.1, 0.15) is 11.2 Å². The highest BCUT2D eigenvalue weighted by Crippen LogP contribution is 2.24. The first kappa shape index (κ1) is 12.9. The van der Waals surface area contributed by atoms with E-state index in [1.807, 2.05) is 6.07 Å². The van der Waals surface area contributed by atoms with Crippen molar-refractivity contribution < 1.29 is 13.2 Å². The fourth-order valence-corrected chi connectivity index (χ4v) is 2.50. The van der Waals surface area contributed by atoms with Crippen LogP contribution in [0.25, 0.3) is 0 Å². The predicted molar refractivity (Wildman–Crippen MR) is 62.0 cm³/mol. The predicted octanol–water partition coefficient (Wildman–Crippen LogP) is 1.36. The number of carbonyl (C=O) groups excluding carboxylic acids is 1. The van der Waals surface area contributed by atoms with Crippen molar-refractivity contribution in [3.8, 4) is 6.07 Å². The van der Waals surface area contributed by atoms with Crippen LogP contribution < -0.4 is 0 Å². The molecule has 4 nitrogen and oxygen atoms in total. The number of ketones is 1. The summed E-state index contributed by atoms with van der Waals surface area (Å²) >= 11 is 1.27. The third kappa shape index (κ3) is 2.68. The summed E-state index contributed by atoms with van der Waals surface area (Å²) in [6.07, 6.45) is 0.998. The standard InChI is InChI=1S/C10H11NO3S2/c1-7(16(2,13)14)10(12)8(6-11)9-4-3-5-15-9/h3-5,7-8H,1-2H3. The molecule has 0 amide bonds. The number of thiophene rings is 1. The Bertz CT molecular complexity index is 511. The lowest BCUT2D eigenvalue weighted by molar-refractivity contribution is -0.118. The van der Waals surface area contributed by atoms with Gasteiger partial charge in [-0.25, -0.2) is 8.42 Å². The van der Waals surface area contributed by atoms with Crippen molar-refractivity contribution in [2.45, 2.75) is 18.1 Å². The zero-order valence-corrected chi connectivity index (χ0v) is 10.5. The van der Waals surface area contributed by atoms with Crippen molar-refractivity contribution in [3.63, 3.8) is 0 Å². The molecule has 16 heavy (non-hydrogen) atoms. The second kappa shape index (κ2) is 4.76. The average molecular weight is 257 g/mol. The molecule has 0 aromatic carbocycles. The van der Waals surface area contributed by atoms with Gasteiger partial charge in [0.05, 0.1) is 6.07 Å². The molecule has 0 saturated carbocycles. The SMILES string of the molecule is CC(C(=O)C(C#N)c1cccs1)S(C)(=O)=O. The van der Waals surface area contributed by atoms with Crippen LogP contribution in [0.2, 0.25) is 0 Å². The normalized spacial score (nSPS) is 15.1. The minimum atomic E-state index is -3.44. The zero-order chi connectivity index (χ0) is 12.3. The van der Waals surface area contributed by atoms with Gasteiger partial charge in [0, 0.05) is 11.1 Å². The third-order valence-corrected chi connectivity index (χ3v) is 4.74. The highest BCUT2D eigenvalue weighted by atomic mass is 32.2. The number of Topliss-reactive ketones (excluding diaryl/α,β-unsaturated/α-hetero) is 1. The molecule has 6 heteroatoms. The molecule has 1 aromatic heterocycles. The Kier molecular flexibility index (Phi) is 3.83. The number of rotatable bonds is 4. The van der Waals surface area contributed by atoms with E-state index in [1.54, 1.807) is 17.5 Å². The maximum atomic E-state index is 11.8. The molecule has 0 spiro atoms. The Morgan fingerprint density at radius 2 is 2.19 bits per heavy atom. The Balaban J connectivity index is 3.02. The molecule has 0 saturated heterocycles. The Hall–Kier alpha value is -1.19. The number of nitriles is 1. The molecule has 2 atom stereocenters. The summed E-state index contributed by atoms with van der Waals surface area (Å²) < 4.78 is 22.5. The number of nitrogens with zero attached hydrogens (tertiary/aromatic N) is 1. The van der Waals surface area contributed by atoms with Gasteiger partial charge in [-0.1, -0.05) is 6.07 Å². The van der Waals surface area contributed by atoms with Crippen molar-refractivity contribution in [1.82, 2.24) is 0 Å². The van der Waals surface area contributed by atoms with Gasteiger partial charge >= 0.3 is 0 Å². The van der Waals surface area contributed by atoms with E-state index >= 15 is 0 Å². The van der Waals surface area contributed by atoms with Crippen molar-refractivity contribution in [1.29, 1.82) is 5.26 Å². The maximum absolute atomic E-state index is 11.8. The molecular weight excluding hydrogens is 246 g/mol. The van der Waals surface area contributed by atoms with Gasteiger partial charge in [0.2, 0.25) is 0 Å². The minimum absolute atomic E-state index is 0.563. The third-order valence-electron chi connectivity index (χ3n) is 2.28. The first-order valence-electron chi connectivity index (χ1n) is 4.53. The molecule has 0 bridgehead atoms. The van der Waals surface area contributed by atoms with Gasteiger partial charge in [-0.05, 0) is 18.4 Å².